The van der Waals surface area contributed by atoms with Gasteiger partial charge < -0.3 is 16.0 Å². The number of hydrogen-bond acceptors (Lipinski definition) is 3. The standard InChI is InChI=1S/C20H30FN3O/c1-14-3-4-16(21)13-18(14)24-19(25)15(2)23-17-5-7-20(8-6-17)9-11-22-12-10-20/h3-4,13,15,17,22-23H,5-12H2,1-2H3,(H,24,25). The highest BCUT2D eigenvalue weighted by molar-refractivity contribution is 5.95. The fourth-order valence-corrected chi connectivity index (χ4v) is 4.25. The average molecular weight is 347 g/mol. The van der Waals surface area contributed by atoms with Gasteiger partial charge in [-0.1, -0.05) is 6.07 Å². The SMILES string of the molecule is Cc1ccc(F)cc1NC(=O)C(C)NC1CCC2(CCNCC2)CC1. The van der Waals surface area contributed by atoms with Gasteiger partial charge in [0.15, 0.2) is 0 Å². The van der Waals surface area contributed by atoms with Crippen LogP contribution in [0.15, 0.2) is 18.2 Å². The molecule has 0 bridgehead atoms. The Morgan fingerprint density at radius 3 is 2.60 bits per heavy atom. The molecular weight excluding hydrogens is 317 g/mol. The number of rotatable bonds is 4. The van der Waals surface area contributed by atoms with Crippen molar-refractivity contribution in [3.05, 3.63) is 29.6 Å². The number of carbonyl (C=O) groups is 1. The molecule has 0 aromatic heterocycles. The number of amides is 1. The topological polar surface area (TPSA) is 53.2 Å². The molecule has 1 amide bonds. The van der Waals surface area contributed by atoms with Gasteiger partial charge in [-0.3, -0.25) is 4.79 Å². The van der Waals surface area contributed by atoms with Crippen molar-refractivity contribution >= 4 is 11.6 Å². The summed E-state index contributed by atoms with van der Waals surface area (Å²) in [5.74, 6) is -0.433. The van der Waals surface area contributed by atoms with Gasteiger partial charge in [-0.15, -0.1) is 0 Å². The minimum absolute atomic E-state index is 0.101. The summed E-state index contributed by atoms with van der Waals surface area (Å²) in [4.78, 5) is 12.4. The summed E-state index contributed by atoms with van der Waals surface area (Å²) in [5.41, 5.74) is 1.96. The van der Waals surface area contributed by atoms with Crippen molar-refractivity contribution < 1.29 is 9.18 Å². The lowest BCUT2D eigenvalue weighted by atomic mass is 9.67. The lowest BCUT2D eigenvalue weighted by Gasteiger charge is -2.43. The summed E-state index contributed by atoms with van der Waals surface area (Å²) >= 11 is 0. The molecule has 1 saturated carbocycles. The molecule has 1 saturated heterocycles. The highest BCUT2D eigenvalue weighted by atomic mass is 19.1. The maximum atomic E-state index is 13.4. The molecular formula is C20H30FN3O. The molecule has 25 heavy (non-hydrogen) atoms. The van der Waals surface area contributed by atoms with Crippen LogP contribution >= 0.6 is 0 Å². The minimum Gasteiger partial charge on any atom is -0.324 e. The zero-order valence-electron chi connectivity index (χ0n) is 15.3. The number of piperidine rings is 1. The lowest BCUT2D eigenvalue weighted by Crippen LogP contribution is -2.48. The van der Waals surface area contributed by atoms with Crippen molar-refractivity contribution in [1.82, 2.24) is 10.6 Å². The fraction of sp³-hybridized carbons (Fsp3) is 0.650. The van der Waals surface area contributed by atoms with Crippen LogP contribution in [0.1, 0.15) is 51.0 Å². The van der Waals surface area contributed by atoms with Gasteiger partial charge in [-0.05, 0) is 88.6 Å². The number of nitrogens with one attached hydrogen (secondary N) is 3. The van der Waals surface area contributed by atoms with Crippen LogP contribution in [-0.4, -0.2) is 31.1 Å². The molecule has 2 aliphatic rings. The summed E-state index contributed by atoms with van der Waals surface area (Å²) in [7, 11) is 0. The second-order valence-corrected chi connectivity index (χ2v) is 7.86. The van der Waals surface area contributed by atoms with Crippen molar-refractivity contribution in [3.63, 3.8) is 0 Å². The number of anilines is 1. The Balaban J connectivity index is 1.49. The molecule has 3 rings (SSSR count). The second-order valence-electron chi connectivity index (χ2n) is 7.86. The molecule has 0 radical (unpaired) electrons. The molecule has 1 spiro atoms. The Morgan fingerprint density at radius 2 is 1.92 bits per heavy atom. The van der Waals surface area contributed by atoms with Gasteiger partial charge in [-0.2, -0.15) is 0 Å². The third-order valence-corrected chi connectivity index (χ3v) is 6.05. The van der Waals surface area contributed by atoms with Gasteiger partial charge in [0.05, 0.1) is 6.04 Å². The van der Waals surface area contributed by atoms with E-state index in [4.69, 9.17) is 0 Å². The summed E-state index contributed by atoms with van der Waals surface area (Å²) in [6.07, 6.45) is 7.35. The third kappa shape index (κ3) is 4.59. The van der Waals surface area contributed by atoms with Crippen LogP contribution in [0, 0.1) is 18.2 Å². The van der Waals surface area contributed by atoms with Crippen LogP contribution in [0.25, 0.3) is 0 Å². The minimum atomic E-state index is -0.332. The van der Waals surface area contributed by atoms with E-state index in [1.165, 1.54) is 37.8 Å². The van der Waals surface area contributed by atoms with Gasteiger partial charge in [0.25, 0.3) is 0 Å². The van der Waals surface area contributed by atoms with Crippen LogP contribution in [0.5, 0.6) is 0 Å². The van der Waals surface area contributed by atoms with Crippen LogP contribution in [0.4, 0.5) is 10.1 Å². The number of carbonyl (C=O) groups excluding carboxylic acids is 1. The molecule has 2 fully saturated rings. The Bertz CT molecular complexity index is 603. The van der Waals surface area contributed by atoms with E-state index in [1.54, 1.807) is 6.07 Å². The maximum Gasteiger partial charge on any atom is 0.241 e. The molecule has 1 heterocycles. The van der Waals surface area contributed by atoms with Gasteiger partial charge >= 0.3 is 0 Å². The zero-order chi connectivity index (χ0) is 17.9. The number of hydrogen-bond donors (Lipinski definition) is 3. The summed E-state index contributed by atoms with van der Waals surface area (Å²) < 4.78 is 13.4. The quantitative estimate of drug-likeness (QED) is 0.783. The van der Waals surface area contributed by atoms with Crippen LogP contribution in [0.2, 0.25) is 0 Å². The monoisotopic (exact) mass is 347 g/mol. The van der Waals surface area contributed by atoms with Crippen molar-refractivity contribution in [2.24, 2.45) is 5.41 Å². The first-order valence-electron chi connectivity index (χ1n) is 9.51. The Hall–Kier alpha value is -1.46. The molecule has 4 nitrogen and oxygen atoms in total. The summed E-state index contributed by atoms with van der Waals surface area (Å²) in [6, 6.07) is 4.58. The van der Waals surface area contributed by atoms with Crippen LogP contribution in [-0.2, 0) is 4.79 Å². The molecule has 3 N–H and O–H groups in total. The second kappa shape index (κ2) is 7.83. The summed E-state index contributed by atoms with van der Waals surface area (Å²) in [5, 5.41) is 9.77. The van der Waals surface area contributed by atoms with E-state index in [9.17, 15) is 9.18 Å². The largest absolute Gasteiger partial charge is 0.324 e. The Labute approximate surface area is 150 Å². The maximum absolute atomic E-state index is 13.4. The van der Waals surface area contributed by atoms with Gasteiger partial charge in [-0.25, -0.2) is 4.39 Å². The predicted octanol–water partition coefficient (Wildman–Crippen LogP) is 3.36. The molecule has 1 aliphatic carbocycles. The number of aryl methyl sites for hydroxylation is 1. The van der Waals surface area contributed by atoms with E-state index in [0.29, 0.717) is 17.1 Å². The first-order chi connectivity index (χ1) is 12.0. The molecule has 1 aliphatic heterocycles. The normalized spacial score (nSPS) is 21.9. The van der Waals surface area contributed by atoms with Gasteiger partial charge in [0.1, 0.15) is 5.82 Å². The number of benzene rings is 1. The Kier molecular flexibility index (Phi) is 5.74. The van der Waals surface area contributed by atoms with Crippen molar-refractivity contribution in [3.8, 4) is 0 Å². The van der Waals surface area contributed by atoms with Gasteiger partial charge in [0, 0.05) is 11.7 Å². The van der Waals surface area contributed by atoms with E-state index >= 15 is 0 Å². The lowest BCUT2D eigenvalue weighted by molar-refractivity contribution is -0.118. The number of halogens is 1. The van der Waals surface area contributed by atoms with Crippen molar-refractivity contribution in [2.75, 3.05) is 18.4 Å². The van der Waals surface area contributed by atoms with Crippen molar-refractivity contribution in [1.29, 1.82) is 0 Å². The molecule has 1 aromatic carbocycles. The zero-order valence-corrected chi connectivity index (χ0v) is 15.3. The molecule has 1 atom stereocenters. The molecule has 138 valence electrons. The Morgan fingerprint density at radius 1 is 1.24 bits per heavy atom. The van der Waals surface area contributed by atoms with Gasteiger partial charge in [0.2, 0.25) is 5.91 Å². The average Bonchev–Trinajstić information content (AvgIpc) is 2.61. The van der Waals surface area contributed by atoms with E-state index in [0.717, 1.165) is 31.5 Å². The molecule has 1 unspecified atom stereocenters. The first-order valence-corrected chi connectivity index (χ1v) is 9.51. The highest BCUT2D eigenvalue weighted by Crippen LogP contribution is 2.43. The van der Waals surface area contributed by atoms with Crippen LogP contribution in [0.3, 0.4) is 0 Å². The van der Waals surface area contributed by atoms with Crippen molar-refractivity contribution in [2.45, 2.75) is 64.5 Å². The van der Waals surface area contributed by atoms with E-state index in [1.807, 2.05) is 13.8 Å². The molecule has 1 aromatic rings. The third-order valence-electron chi connectivity index (χ3n) is 6.05. The van der Waals surface area contributed by atoms with E-state index < -0.39 is 0 Å². The predicted molar refractivity (Wildman–Crippen MR) is 99.2 cm³/mol. The highest BCUT2D eigenvalue weighted by Gasteiger charge is 2.36. The van der Waals surface area contributed by atoms with E-state index in [-0.39, 0.29) is 17.8 Å². The fourth-order valence-electron chi connectivity index (χ4n) is 4.25. The smallest absolute Gasteiger partial charge is 0.241 e. The first kappa shape index (κ1) is 18.3. The molecule has 5 heteroatoms. The summed E-state index contributed by atoms with van der Waals surface area (Å²) in [6.45, 7) is 6.04. The van der Waals surface area contributed by atoms with E-state index in [2.05, 4.69) is 16.0 Å². The van der Waals surface area contributed by atoms with Crippen LogP contribution < -0.4 is 16.0 Å².